The SMILES string of the molecule is O=C(Nc1nccs1)c1ccc([N+](=O)[O-])cc1C(=O)Nc1nccs1. The van der Waals surface area contributed by atoms with E-state index in [1.54, 1.807) is 10.8 Å². The Labute approximate surface area is 148 Å². The number of anilines is 2. The molecule has 126 valence electrons. The summed E-state index contributed by atoms with van der Waals surface area (Å²) in [6.07, 6.45) is 3.02. The minimum absolute atomic E-state index is 0.00476. The van der Waals surface area contributed by atoms with Gasteiger partial charge in [0.25, 0.3) is 17.5 Å². The number of nitro benzene ring substituents is 1. The molecule has 0 aliphatic carbocycles. The van der Waals surface area contributed by atoms with E-state index in [2.05, 4.69) is 20.6 Å². The lowest BCUT2D eigenvalue weighted by atomic mass is 10.1. The van der Waals surface area contributed by atoms with Gasteiger partial charge in [0.1, 0.15) is 0 Å². The highest BCUT2D eigenvalue weighted by atomic mass is 32.1. The van der Waals surface area contributed by atoms with Crippen LogP contribution in [0.15, 0.2) is 41.4 Å². The number of aromatic nitrogens is 2. The average Bonchev–Trinajstić information content (AvgIpc) is 3.28. The van der Waals surface area contributed by atoms with Crippen molar-refractivity contribution < 1.29 is 14.5 Å². The zero-order valence-corrected chi connectivity index (χ0v) is 14.0. The van der Waals surface area contributed by atoms with Crippen molar-refractivity contribution in [2.75, 3.05) is 10.6 Å². The molecule has 0 aliphatic heterocycles. The van der Waals surface area contributed by atoms with Crippen LogP contribution in [0.1, 0.15) is 20.7 Å². The molecule has 2 heterocycles. The number of non-ortho nitro benzene ring substituents is 1. The minimum atomic E-state index is -0.664. The van der Waals surface area contributed by atoms with Crippen LogP contribution in [0.5, 0.6) is 0 Å². The molecule has 25 heavy (non-hydrogen) atoms. The standard InChI is InChI=1S/C14H9N5O4S2/c20-11(17-13-15-3-5-24-13)9-2-1-8(19(22)23)7-10(9)12(21)18-14-16-4-6-25-14/h1-7H,(H,15,17,20)(H,16,18,21). The molecule has 2 amide bonds. The van der Waals surface area contributed by atoms with Gasteiger partial charge in [-0.05, 0) is 6.07 Å². The van der Waals surface area contributed by atoms with Gasteiger partial charge in [0.15, 0.2) is 10.3 Å². The molecule has 3 aromatic rings. The van der Waals surface area contributed by atoms with Crippen LogP contribution < -0.4 is 10.6 Å². The number of amides is 2. The van der Waals surface area contributed by atoms with Gasteiger partial charge in [-0.15, -0.1) is 22.7 Å². The summed E-state index contributed by atoms with van der Waals surface area (Å²) in [6, 6.07) is 3.45. The first-order valence-electron chi connectivity index (χ1n) is 6.74. The maximum Gasteiger partial charge on any atom is 0.270 e. The quantitative estimate of drug-likeness (QED) is 0.521. The zero-order valence-electron chi connectivity index (χ0n) is 12.3. The first kappa shape index (κ1) is 16.7. The highest BCUT2D eigenvalue weighted by Crippen LogP contribution is 2.22. The van der Waals surface area contributed by atoms with Crippen molar-refractivity contribution in [3.63, 3.8) is 0 Å². The number of thiazole rings is 2. The Bertz CT molecular complexity index is 925. The summed E-state index contributed by atoms with van der Waals surface area (Å²) in [5.41, 5.74) is -0.427. The Hall–Kier alpha value is -3.18. The molecular weight excluding hydrogens is 366 g/mol. The minimum Gasteiger partial charge on any atom is -0.298 e. The van der Waals surface area contributed by atoms with Crippen LogP contribution in [0.2, 0.25) is 0 Å². The molecule has 2 aromatic heterocycles. The molecule has 0 fully saturated rings. The fourth-order valence-corrected chi connectivity index (χ4v) is 2.98. The third kappa shape index (κ3) is 3.84. The third-order valence-electron chi connectivity index (χ3n) is 3.01. The number of benzene rings is 1. The van der Waals surface area contributed by atoms with Crippen LogP contribution in [0, 0.1) is 10.1 Å². The molecule has 3 rings (SSSR count). The molecule has 0 unspecified atom stereocenters. The summed E-state index contributed by atoms with van der Waals surface area (Å²) < 4.78 is 0. The van der Waals surface area contributed by atoms with Crippen molar-refractivity contribution in [1.82, 2.24) is 9.97 Å². The van der Waals surface area contributed by atoms with Gasteiger partial charge in [-0.25, -0.2) is 9.97 Å². The molecule has 0 atom stereocenters. The van der Waals surface area contributed by atoms with Gasteiger partial charge in [0, 0.05) is 35.3 Å². The van der Waals surface area contributed by atoms with E-state index in [9.17, 15) is 19.7 Å². The van der Waals surface area contributed by atoms with Crippen molar-refractivity contribution in [1.29, 1.82) is 0 Å². The second-order valence-electron chi connectivity index (χ2n) is 4.57. The summed E-state index contributed by atoms with van der Waals surface area (Å²) in [6.45, 7) is 0. The molecule has 11 heteroatoms. The summed E-state index contributed by atoms with van der Waals surface area (Å²) in [7, 11) is 0. The van der Waals surface area contributed by atoms with E-state index in [1.807, 2.05) is 0 Å². The molecular formula is C14H9N5O4S2. The summed E-state index contributed by atoms with van der Waals surface area (Å²) in [4.78, 5) is 43.1. The number of hydrogen-bond donors (Lipinski definition) is 2. The van der Waals surface area contributed by atoms with E-state index in [0.29, 0.717) is 10.3 Å². The highest BCUT2D eigenvalue weighted by Gasteiger charge is 2.22. The number of carbonyl (C=O) groups excluding carboxylic acids is 2. The molecule has 0 spiro atoms. The second-order valence-corrected chi connectivity index (χ2v) is 6.36. The Kier molecular flexibility index (Phi) is 4.77. The number of nitrogens with one attached hydrogen (secondary N) is 2. The monoisotopic (exact) mass is 375 g/mol. The van der Waals surface area contributed by atoms with Crippen molar-refractivity contribution in [3.8, 4) is 0 Å². The Morgan fingerprint density at radius 1 is 0.960 bits per heavy atom. The van der Waals surface area contributed by atoms with E-state index < -0.39 is 16.7 Å². The fraction of sp³-hybridized carbons (Fsp3) is 0. The smallest absolute Gasteiger partial charge is 0.270 e. The second kappa shape index (κ2) is 7.15. The molecule has 0 radical (unpaired) electrons. The summed E-state index contributed by atoms with van der Waals surface area (Å²) in [5, 5.41) is 20.1. The normalized spacial score (nSPS) is 10.2. The third-order valence-corrected chi connectivity index (χ3v) is 4.39. The van der Waals surface area contributed by atoms with Crippen LogP contribution in [-0.4, -0.2) is 26.7 Å². The van der Waals surface area contributed by atoms with Gasteiger partial charge in [0.2, 0.25) is 0 Å². The van der Waals surface area contributed by atoms with E-state index >= 15 is 0 Å². The van der Waals surface area contributed by atoms with Gasteiger partial charge in [-0.2, -0.15) is 0 Å². The molecule has 1 aromatic carbocycles. The molecule has 9 nitrogen and oxygen atoms in total. The average molecular weight is 375 g/mol. The largest absolute Gasteiger partial charge is 0.298 e. The zero-order chi connectivity index (χ0) is 17.8. The van der Waals surface area contributed by atoms with E-state index in [4.69, 9.17) is 0 Å². The number of hydrogen-bond acceptors (Lipinski definition) is 8. The fourth-order valence-electron chi connectivity index (χ4n) is 1.93. The molecule has 0 saturated heterocycles. The highest BCUT2D eigenvalue weighted by molar-refractivity contribution is 7.14. The Morgan fingerprint density at radius 2 is 1.52 bits per heavy atom. The summed E-state index contributed by atoms with van der Waals surface area (Å²) >= 11 is 2.40. The number of nitro groups is 1. The van der Waals surface area contributed by atoms with Crippen LogP contribution in [0.4, 0.5) is 16.0 Å². The lowest BCUT2D eigenvalue weighted by Crippen LogP contribution is -2.20. The van der Waals surface area contributed by atoms with Gasteiger partial charge in [-0.3, -0.25) is 30.3 Å². The van der Waals surface area contributed by atoms with Crippen LogP contribution in [-0.2, 0) is 0 Å². The van der Waals surface area contributed by atoms with Crippen molar-refractivity contribution >= 4 is 50.4 Å². The Morgan fingerprint density at radius 3 is 2.00 bits per heavy atom. The van der Waals surface area contributed by atoms with Crippen molar-refractivity contribution in [2.24, 2.45) is 0 Å². The first-order chi connectivity index (χ1) is 12.0. The van der Waals surface area contributed by atoms with Gasteiger partial charge in [-0.1, -0.05) is 0 Å². The molecule has 0 bridgehead atoms. The van der Waals surface area contributed by atoms with Gasteiger partial charge < -0.3 is 0 Å². The molecule has 0 saturated carbocycles. The first-order valence-corrected chi connectivity index (χ1v) is 8.50. The predicted molar refractivity (Wildman–Crippen MR) is 93.2 cm³/mol. The maximum atomic E-state index is 12.5. The van der Waals surface area contributed by atoms with E-state index in [0.717, 1.165) is 12.1 Å². The lowest BCUT2D eigenvalue weighted by molar-refractivity contribution is -0.384. The van der Waals surface area contributed by atoms with Crippen LogP contribution >= 0.6 is 22.7 Å². The van der Waals surface area contributed by atoms with Crippen LogP contribution in [0.25, 0.3) is 0 Å². The van der Waals surface area contributed by atoms with Crippen molar-refractivity contribution in [3.05, 3.63) is 62.6 Å². The van der Waals surface area contributed by atoms with Gasteiger partial charge >= 0.3 is 0 Å². The topological polar surface area (TPSA) is 127 Å². The summed E-state index contributed by atoms with van der Waals surface area (Å²) in [5.74, 6) is -1.25. The van der Waals surface area contributed by atoms with Crippen molar-refractivity contribution in [2.45, 2.75) is 0 Å². The number of carbonyl (C=O) groups is 2. The molecule has 2 N–H and O–H groups in total. The number of nitrogens with zero attached hydrogens (tertiary/aromatic N) is 3. The van der Waals surface area contributed by atoms with E-state index in [-0.39, 0.29) is 16.8 Å². The maximum absolute atomic E-state index is 12.5. The predicted octanol–water partition coefficient (Wildman–Crippen LogP) is 3.01. The van der Waals surface area contributed by atoms with E-state index in [1.165, 1.54) is 41.1 Å². The molecule has 0 aliphatic rings. The lowest BCUT2D eigenvalue weighted by Gasteiger charge is -2.08. The van der Waals surface area contributed by atoms with Crippen LogP contribution in [0.3, 0.4) is 0 Å². The number of rotatable bonds is 5. The Balaban J connectivity index is 1.94. The van der Waals surface area contributed by atoms with Gasteiger partial charge in [0.05, 0.1) is 16.1 Å².